The van der Waals surface area contributed by atoms with E-state index in [2.05, 4.69) is 19.2 Å². The second kappa shape index (κ2) is 4.65. The second-order valence-corrected chi connectivity index (χ2v) is 5.47. The molecule has 2 aliphatic rings. The molecule has 0 aromatic heterocycles. The highest BCUT2D eigenvalue weighted by molar-refractivity contribution is 4.88. The first-order valence-electron chi connectivity index (χ1n) is 6.55. The van der Waals surface area contributed by atoms with Crippen molar-refractivity contribution in [3.05, 3.63) is 0 Å². The summed E-state index contributed by atoms with van der Waals surface area (Å²) in [5.41, 5.74) is 0. The van der Waals surface area contributed by atoms with E-state index in [0.29, 0.717) is 0 Å². The maximum atomic E-state index is 3.87. The fraction of sp³-hybridized carbons (Fsp3) is 1.00. The van der Waals surface area contributed by atoms with E-state index in [-0.39, 0.29) is 0 Å². The van der Waals surface area contributed by atoms with E-state index in [0.717, 1.165) is 23.9 Å². The summed E-state index contributed by atoms with van der Waals surface area (Å²) < 4.78 is 0. The quantitative estimate of drug-likeness (QED) is 0.728. The molecule has 0 spiro atoms. The number of nitrogens with one attached hydrogen (secondary N) is 1. The predicted molar refractivity (Wildman–Crippen MR) is 61.4 cm³/mol. The van der Waals surface area contributed by atoms with Crippen LogP contribution in [0, 0.1) is 11.8 Å². The molecular formula is C13H25N. The van der Waals surface area contributed by atoms with Crippen LogP contribution >= 0.6 is 0 Å². The largest absolute Gasteiger partial charge is 0.311 e. The van der Waals surface area contributed by atoms with Crippen LogP contribution in [-0.4, -0.2) is 12.1 Å². The van der Waals surface area contributed by atoms with E-state index < -0.39 is 0 Å². The molecule has 1 N–H and O–H groups in total. The molecule has 2 aliphatic carbocycles. The van der Waals surface area contributed by atoms with Crippen LogP contribution in [0.25, 0.3) is 0 Å². The Bertz CT molecular complexity index is 178. The van der Waals surface area contributed by atoms with Crippen LogP contribution in [0.2, 0.25) is 0 Å². The van der Waals surface area contributed by atoms with Crippen LogP contribution < -0.4 is 5.32 Å². The Morgan fingerprint density at radius 3 is 2.57 bits per heavy atom. The molecule has 0 amide bonds. The van der Waals surface area contributed by atoms with E-state index in [9.17, 15) is 0 Å². The number of hydrogen-bond donors (Lipinski definition) is 1. The van der Waals surface area contributed by atoms with Gasteiger partial charge in [0.15, 0.2) is 0 Å². The fourth-order valence-corrected chi connectivity index (χ4v) is 3.03. The molecule has 4 atom stereocenters. The average Bonchev–Trinajstić information content (AvgIpc) is 2.24. The summed E-state index contributed by atoms with van der Waals surface area (Å²) in [6, 6.07) is 1.71. The Morgan fingerprint density at radius 2 is 2.00 bits per heavy atom. The van der Waals surface area contributed by atoms with Crippen molar-refractivity contribution in [2.45, 2.75) is 70.9 Å². The van der Waals surface area contributed by atoms with Crippen LogP contribution in [0.3, 0.4) is 0 Å². The molecule has 14 heavy (non-hydrogen) atoms. The highest BCUT2D eigenvalue weighted by Crippen LogP contribution is 2.31. The normalized spacial score (nSPS) is 43.3. The molecule has 0 aromatic carbocycles. The monoisotopic (exact) mass is 195 g/mol. The molecule has 0 bridgehead atoms. The molecular weight excluding hydrogens is 170 g/mol. The van der Waals surface area contributed by atoms with Gasteiger partial charge in [-0.3, -0.25) is 0 Å². The summed E-state index contributed by atoms with van der Waals surface area (Å²) in [6.07, 6.45) is 10.1. The molecule has 2 fully saturated rings. The Kier molecular flexibility index (Phi) is 3.48. The first-order valence-corrected chi connectivity index (χ1v) is 6.55. The Labute approximate surface area is 88.7 Å². The molecule has 0 radical (unpaired) electrons. The van der Waals surface area contributed by atoms with Gasteiger partial charge in [-0.25, -0.2) is 0 Å². The topological polar surface area (TPSA) is 12.0 Å². The molecule has 2 saturated carbocycles. The molecule has 0 aromatic rings. The maximum Gasteiger partial charge on any atom is 0.00954 e. The van der Waals surface area contributed by atoms with Crippen molar-refractivity contribution in [1.29, 1.82) is 0 Å². The van der Waals surface area contributed by atoms with Crippen LogP contribution in [0.5, 0.6) is 0 Å². The maximum absolute atomic E-state index is 3.87. The van der Waals surface area contributed by atoms with Crippen molar-refractivity contribution in [3.8, 4) is 0 Å². The second-order valence-electron chi connectivity index (χ2n) is 5.47. The van der Waals surface area contributed by atoms with Gasteiger partial charge in [-0.2, -0.15) is 0 Å². The minimum atomic E-state index is 0.849. The summed E-state index contributed by atoms with van der Waals surface area (Å²) in [5, 5.41) is 3.87. The minimum Gasteiger partial charge on any atom is -0.311 e. The average molecular weight is 195 g/mol. The van der Waals surface area contributed by atoms with Gasteiger partial charge in [0, 0.05) is 12.1 Å². The van der Waals surface area contributed by atoms with E-state index in [1.807, 2.05) is 0 Å². The molecule has 2 rings (SSSR count). The molecule has 4 unspecified atom stereocenters. The van der Waals surface area contributed by atoms with Crippen LogP contribution in [0.4, 0.5) is 0 Å². The van der Waals surface area contributed by atoms with Gasteiger partial charge in [-0.15, -0.1) is 0 Å². The summed E-state index contributed by atoms with van der Waals surface area (Å²) in [7, 11) is 0. The van der Waals surface area contributed by atoms with Gasteiger partial charge in [0.05, 0.1) is 0 Å². The molecule has 0 saturated heterocycles. The van der Waals surface area contributed by atoms with Crippen LogP contribution in [-0.2, 0) is 0 Å². The third kappa shape index (κ3) is 2.31. The highest BCUT2D eigenvalue weighted by Gasteiger charge is 2.30. The number of rotatable bonds is 3. The van der Waals surface area contributed by atoms with Crippen molar-refractivity contribution >= 4 is 0 Å². The van der Waals surface area contributed by atoms with Gasteiger partial charge in [0.25, 0.3) is 0 Å². The van der Waals surface area contributed by atoms with E-state index >= 15 is 0 Å². The lowest BCUT2D eigenvalue weighted by atomic mass is 9.78. The Hall–Kier alpha value is -0.0400. The lowest BCUT2D eigenvalue weighted by Gasteiger charge is -2.40. The van der Waals surface area contributed by atoms with E-state index in [1.165, 1.54) is 44.9 Å². The van der Waals surface area contributed by atoms with Crippen LogP contribution in [0.15, 0.2) is 0 Å². The zero-order valence-corrected chi connectivity index (χ0v) is 9.76. The molecule has 0 aliphatic heterocycles. The van der Waals surface area contributed by atoms with Crippen molar-refractivity contribution in [3.63, 3.8) is 0 Å². The molecule has 1 nitrogen and oxygen atoms in total. The van der Waals surface area contributed by atoms with E-state index in [4.69, 9.17) is 0 Å². The third-order valence-electron chi connectivity index (χ3n) is 4.43. The van der Waals surface area contributed by atoms with Gasteiger partial charge in [0.2, 0.25) is 0 Å². The minimum absolute atomic E-state index is 0.849. The molecule has 1 heteroatoms. The van der Waals surface area contributed by atoms with Gasteiger partial charge in [-0.1, -0.05) is 33.1 Å². The smallest absolute Gasteiger partial charge is 0.00954 e. The highest BCUT2D eigenvalue weighted by atomic mass is 15.0. The van der Waals surface area contributed by atoms with Crippen LogP contribution in [0.1, 0.15) is 58.8 Å². The summed E-state index contributed by atoms with van der Waals surface area (Å²) in [5.74, 6) is 1.95. The predicted octanol–water partition coefficient (Wildman–Crippen LogP) is 3.34. The third-order valence-corrected chi connectivity index (χ3v) is 4.43. The zero-order chi connectivity index (χ0) is 9.97. The summed E-state index contributed by atoms with van der Waals surface area (Å²) in [4.78, 5) is 0. The first kappa shape index (κ1) is 10.5. The van der Waals surface area contributed by atoms with Crippen molar-refractivity contribution in [2.75, 3.05) is 0 Å². The van der Waals surface area contributed by atoms with Gasteiger partial charge < -0.3 is 5.32 Å². The lowest BCUT2D eigenvalue weighted by molar-refractivity contribution is 0.175. The zero-order valence-electron chi connectivity index (χ0n) is 9.76. The van der Waals surface area contributed by atoms with Gasteiger partial charge in [0.1, 0.15) is 0 Å². The molecule has 0 heterocycles. The Morgan fingerprint density at radius 1 is 1.14 bits per heavy atom. The SMILES string of the molecule is CCC1CCCC(NC2CCC2C)C1. The first-order chi connectivity index (χ1) is 6.79. The lowest BCUT2D eigenvalue weighted by Crippen LogP contribution is -2.48. The Balaban J connectivity index is 1.74. The fourth-order valence-electron chi connectivity index (χ4n) is 3.03. The number of hydrogen-bond acceptors (Lipinski definition) is 1. The van der Waals surface area contributed by atoms with Gasteiger partial charge >= 0.3 is 0 Å². The standard InChI is InChI=1S/C13H25N/c1-3-11-5-4-6-12(9-11)14-13-8-7-10(13)2/h10-14H,3-9H2,1-2H3. The van der Waals surface area contributed by atoms with Gasteiger partial charge in [-0.05, 0) is 37.5 Å². The van der Waals surface area contributed by atoms with Crippen molar-refractivity contribution in [1.82, 2.24) is 5.32 Å². The van der Waals surface area contributed by atoms with E-state index in [1.54, 1.807) is 0 Å². The summed E-state index contributed by atoms with van der Waals surface area (Å²) >= 11 is 0. The van der Waals surface area contributed by atoms with Crippen molar-refractivity contribution < 1.29 is 0 Å². The van der Waals surface area contributed by atoms with Crippen molar-refractivity contribution in [2.24, 2.45) is 11.8 Å². The summed E-state index contributed by atoms with van der Waals surface area (Å²) in [6.45, 7) is 4.74. The molecule has 82 valence electrons.